The van der Waals surface area contributed by atoms with Gasteiger partial charge in [-0.05, 0) is 37.5 Å². The molecule has 4 rings (SSSR count). The Morgan fingerprint density at radius 3 is 2.72 bits per heavy atom. The Bertz CT molecular complexity index is 949. The van der Waals surface area contributed by atoms with Gasteiger partial charge in [-0.25, -0.2) is 13.9 Å². The number of nitrogens with zero attached hydrogens (tertiary/aromatic N) is 4. The second-order valence-corrected chi connectivity index (χ2v) is 6.47. The Labute approximate surface area is 149 Å². The van der Waals surface area contributed by atoms with Crippen LogP contribution in [0.1, 0.15) is 29.6 Å². The summed E-state index contributed by atoms with van der Waals surface area (Å²) in [5.74, 6) is -0.597. The lowest BCUT2D eigenvalue weighted by molar-refractivity contribution is 0.0726. The topological polar surface area (TPSA) is 50.5 Å². The van der Waals surface area contributed by atoms with Crippen molar-refractivity contribution in [2.24, 2.45) is 0 Å². The standard InChI is InChI=1S/C18H16ClFN4O/c19-17-14(20)9-12(10-21-17)15-5-4-6-16-13(11-22-24(15)16)18(25)23-7-2-1-3-8-23/h4-6,9-11H,1-3,7-8H2. The molecule has 3 aromatic heterocycles. The van der Waals surface area contributed by atoms with Gasteiger partial charge < -0.3 is 4.90 Å². The van der Waals surface area contributed by atoms with Crippen molar-refractivity contribution in [1.29, 1.82) is 0 Å². The first-order valence-corrected chi connectivity index (χ1v) is 8.60. The van der Waals surface area contributed by atoms with Crippen molar-refractivity contribution in [3.63, 3.8) is 0 Å². The number of rotatable bonds is 2. The van der Waals surface area contributed by atoms with E-state index >= 15 is 0 Å². The average molecular weight is 359 g/mol. The molecule has 0 aliphatic carbocycles. The van der Waals surface area contributed by atoms with E-state index < -0.39 is 5.82 Å². The summed E-state index contributed by atoms with van der Waals surface area (Å²) < 4.78 is 15.4. The zero-order valence-electron chi connectivity index (χ0n) is 13.5. The third kappa shape index (κ3) is 2.87. The summed E-state index contributed by atoms with van der Waals surface area (Å²) >= 11 is 5.66. The van der Waals surface area contributed by atoms with Crippen LogP contribution in [0.5, 0.6) is 0 Å². The van der Waals surface area contributed by atoms with Crippen molar-refractivity contribution in [2.45, 2.75) is 19.3 Å². The predicted molar refractivity (Wildman–Crippen MR) is 93.1 cm³/mol. The molecule has 0 unspecified atom stereocenters. The SMILES string of the molecule is O=C(c1cnn2c(-c3cnc(Cl)c(F)c3)cccc12)N1CCCCC1. The van der Waals surface area contributed by atoms with E-state index in [1.165, 1.54) is 12.3 Å². The minimum Gasteiger partial charge on any atom is -0.339 e. The summed E-state index contributed by atoms with van der Waals surface area (Å²) in [4.78, 5) is 18.5. The largest absolute Gasteiger partial charge is 0.339 e. The first-order valence-electron chi connectivity index (χ1n) is 8.22. The van der Waals surface area contributed by atoms with Gasteiger partial charge >= 0.3 is 0 Å². The van der Waals surface area contributed by atoms with Crippen LogP contribution in [0.2, 0.25) is 5.15 Å². The number of hydrogen-bond acceptors (Lipinski definition) is 3. The summed E-state index contributed by atoms with van der Waals surface area (Å²) in [5.41, 5.74) is 2.46. The van der Waals surface area contributed by atoms with Crippen LogP contribution in [0.4, 0.5) is 4.39 Å². The number of likely N-dealkylation sites (tertiary alicyclic amines) is 1. The minimum atomic E-state index is -0.590. The van der Waals surface area contributed by atoms with Gasteiger partial charge in [0.05, 0.1) is 23.0 Å². The van der Waals surface area contributed by atoms with Crippen LogP contribution in [0.15, 0.2) is 36.7 Å². The molecule has 7 heteroatoms. The van der Waals surface area contributed by atoms with Gasteiger partial charge in [0, 0.05) is 24.8 Å². The third-order valence-corrected chi connectivity index (χ3v) is 4.79. The fourth-order valence-electron chi connectivity index (χ4n) is 3.22. The van der Waals surface area contributed by atoms with Crippen molar-refractivity contribution < 1.29 is 9.18 Å². The van der Waals surface area contributed by atoms with Crippen molar-refractivity contribution in [3.05, 3.63) is 53.2 Å². The number of carbonyl (C=O) groups is 1. The highest BCUT2D eigenvalue weighted by molar-refractivity contribution is 6.29. The second-order valence-electron chi connectivity index (χ2n) is 6.12. The molecule has 0 N–H and O–H groups in total. The van der Waals surface area contributed by atoms with Gasteiger partial charge in [0.15, 0.2) is 11.0 Å². The lowest BCUT2D eigenvalue weighted by atomic mass is 10.1. The van der Waals surface area contributed by atoms with E-state index in [-0.39, 0.29) is 11.1 Å². The lowest BCUT2D eigenvalue weighted by Crippen LogP contribution is -2.35. The zero-order chi connectivity index (χ0) is 17.4. The Morgan fingerprint density at radius 1 is 1.16 bits per heavy atom. The molecule has 0 spiro atoms. The van der Waals surface area contributed by atoms with Crippen LogP contribution in [0, 0.1) is 5.82 Å². The first kappa shape index (κ1) is 16.0. The second kappa shape index (κ2) is 6.44. The Kier molecular flexibility index (Phi) is 4.13. The van der Waals surface area contributed by atoms with Crippen molar-refractivity contribution in [2.75, 3.05) is 13.1 Å². The fourth-order valence-corrected chi connectivity index (χ4v) is 3.33. The number of fused-ring (bicyclic) bond motifs is 1. The summed E-state index contributed by atoms with van der Waals surface area (Å²) in [5, 5.41) is 4.18. The van der Waals surface area contributed by atoms with Gasteiger partial charge in [-0.3, -0.25) is 4.79 Å². The minimum absolute atomic E-state index is 0.00717. The van der Waals surface area contributed by atoms with E-state index in [0.717, 1.165) is 32.4 Å². The smallest absolute Gasteiger partial charge is 0.257 e. The maximum Gasteiger partial charge on any atom is 0.257 e. The monoisotopic (exact) mass is 358 g/mol. The molecule has 1 aliphatic heterocycles. The molecular formula is C18H16ClFN4O. The van der Waals surface area contributed by atoms with Crippen LogP contribution in [0.3, 0.4) is 0 Å². The van der Waals surface area contributed by atoms with Crippen LogP contribution in [0.25, 0.3) is 16.8 Å². The van der Waals surface area contributed by atoms with Gasteiger partial charge in [-0.1, -0.05) is 17.7 Å². The number of piperidine rings is 1. The molecule has 128 valence electrons. The number of hydrogen-bond donors (Lipinski definition) is 0. The summed E-state index contributed by atoms with van der Waals surface area (Å²) in [6.45, 7) is 1.56. The molecule has 1 saturated heterocycles. The van der Waals surface area contributed by atoms with Crippen LogP contribution >= 0.6 is 11.6 Å². The van der Waals surface area contributed by atoms with Crippen LogP contribution < -0.4 is 0 Å². The molecule has 0 aromatic carbocycles. The molecule has 4 heterocycles. The van der Waals surface area contributed by atoms with Gasteiger partial charge in [0.1, 0.15) is 0 Å². The van der Waals surface area contributed by atoms with E-state index in [0.29, 0.717) is 22.3 Å². The van der Waals surface area contributed by atoms with E-state index in [1.807, 2.05) is 17.0 Å². The van der Waals surface area contributed by atoms with Crippen molar-refractivity contribution in [1.82, 2.24) is 19.5 Å². The van der Waals surface area contributed by atoms with Gasteiger partial charge in [-0.2, -0.15) is 5.10 Å². The Balaban J connectivity index is 1.77. The predicted octanol–water partition coefficient (Wildman–Crippen LogP) is 3.81. The highest BCUT2D eigenvalue weighted by atomic mass is 35.5. The zero-order valence-corrected chi connectivity index (χ0v) is 14.2. The maximum atomic E-state index is 13.8. The van der Waals surface area contributed by atoms with E-state index in [1.54, 1.807) is 16.8 Å². The Hall–Kier alpha value is -2.47. The Morgan fingerprint density at radius 2 is 1.96 bits per heavy atom. The molecule has 5 nitrogen and oxygen atoms in total. The number of pyridine rings is 2. The fraction of sp³-hybridized carbons (Fsp3) is 0.278. The van der Waals surface area contributed by atoms with Gasteiger partial charge in [0.2, 0.25) is 0 Å². The molecule has 3 aromatic rings. The van der Waals surface area contributed by atoms with Gasteiger partial charge in [0.25, 0.3) is 5.91 Å². The number of halogens is 2. The highest BCUT2D eigenvalue weighted by Crippen LogP contribution is 2.25. The normalized spacial score (nSPS) is 14.9. The number of amides is 1. The van der Waals surface area contributed by atoms with Crippen LogP contribution in [-0.2, 0) is 0 Å². The molecule has 0 radical (unpaired) electrons. The van der Waals surface area contributed by atoms with Crippen molar-refractivity contribution >= 4 is 23.0 Å². The van der Waals surface area contributed by atoms with E-state index in [9.17, 15) is 9.18 Å². The molecule has 1 amide bonds. The molecule has 25 heavy (non-hydrogen) atoms. The molecular weight excluding hydrogens is 343 g/mol. The average Bonchev–Trinajstić information content (AvgIpc) is 3.08. The summed E-state index contributed by atoms with van der Waals surface area (Å²) in [6.07, 6.45) is 6.30. The summed E-state index contributed by atoms with van der Waals surface area (Å²) in [6, 6.07) is 6.79. The van der Waals surface area contributed by atoms with Gasteiger partial charge in [-0.15, -0.1) is 0 Å². The number of aromatic nitrogens is 3. The lowest BCUT2D eigenvalue weighted by Gasteiger charge is -2.26. The molecule has 0 bridgehead atoms. The number of carbonyl (C=O) groups excluding carboxylic acids is 1. The van der Waals surface area contributed by atoms with E-state index in [4.69, 9.17) is 11.6 Å². The summed E-state index contributed by atoms with van der Waals surface area (Å²) in [7, 11) is 0. The van der Waals surface area contributed by atoms with Crippen molar-refractivity contribution in [3.8, 4) is 11.3 Å². The molecule has 0 saturated carbocycles. The molecule has 1 aliphatic rings. The van der Waals surface area contributed by atoms with Crippen LogP contribution in [-0.4, -0.2) is 38.5 Å². The van der Waals surface area contributed by atoms with E-state index in [2.05, 4.69) is 10.1 Å². The third-order valence-electron chi connectivity index (χ3n) is 4.51. The molecule has 0 atom stereocenters. The highest BCUT2D eigenvalue weighted by Gasteiger charge is 2.22. The first-order chi connectivity index (χ1) is 12.1. The quantitative estimate of drug-likeness (QED) is 0.654. The maximum absolute atomic E-state index is 13.8. The molecule has 1 fully saturated rings.